The zero-order chi connectivity index (χ0) is 26.9. The second-order valence-corrected chi connectivity index (χ2v) is 15.1. The molecule has 3 atom stereocenters. The minimum absolute atomic E-state index is 0.0417. The largest absolute Gasteiger partial charge is 0.467 e. The molecule has 2 aromatic carbocycles. The van der Waals surface area contributed by atoms with E-state index in [0.717, 1.165) is 0 Å². The molecule has 0 unspecified atom stereocenters. The summed E-state index contributed by atoms with van der Waals surface area (Å²) in [6.07, 6.45) is -1.62. The molecule has 0 aromatic heterocycles. The van der Waals surface area contributed by atoms with E-state index < -0.39 is 44.0 Å². The van der Waals surface area contributed by atoms with E-state index in [1.807, 2.05) is 0 Å². The van der Waals surface area contributed by atoms with Gasteiger partial charge in [0.15, 0.2) is 6.10 Å². The molecule has 0 saturated heterocycles. The Kier molecular flexibility index (Phi) is 10.0. The molecule has 36 heavy (non-hydrogen) atoms. The van der Waals surface area contributed by atoms with Crippen LogP contribution in [0.3, 0.4) is 0 Å². The predicted octanol–water partition coefficient (Wildman–Crippen LogP) is 3.62. The summed E-state index contributed by atoms with van der Waals surface area (Å²) >= 11 is 0. The van der Waals surface area contributed by atoms with Gasteiger partial charge < -0.3 is 20.5 Å². The molecule has 2 amide bonds. The van der Waals surface area contributed by atoms with Crippen LogP contribution in [0.25, 0.3) is 0 Å². The first-order valence-electron chi connectivity index (χ1n) is 11.8. The van der Waals surface area contributed by atoms with Crippen molar-refractivity contribution in [1.29, 1.82) is 0 Å². The second-order valence-electron chi connectivity index (χ2n) is 10.1. The van der Waals surface area contributed by atoms with Crippen molar-refractivity contribution in [2.75, 3.05) is 7.11 Å². The van der Waals surface area contributed by atoms with Crippen molar-refractivity contribution in [3.05, 3.63) is 71.8 Å². The van der Waals surface area contributed by atoms with Crippen LogP contribution in [-0.2, 0) is 14.3 Å². The predicted molar refractivity (Wildman–Crippen MR) is 143 cm³/mol. The number of aliphatic hydroxyl groups excluding tert-OH is 1. The molecule has 2 rings (SSSR count). The molecule has 0 heterocycles. The van der Waals surface area contributed by atoms with Gasteiger partial charge in [0.1, 0.15) is 14.1 Å². The number of hydrogen-bond acceptors (Lipinski definition) is 5. The Morgan fingerprint density at radius 1 is 0.972 bits per heavy atom. The topological polar surface area (TPSA) is 105 Å². The van der Waals surface area contributed by atoms with Crippen molar-refractivity contribution in [3.8, 4) is 11.5 Å². The van der Waals surface area contributed by atoms with Crippen LogP contribution < -0.4 is 10.6 Å². The highest BCUT2D eigenvalue weighted by molar-refractivity contribution is 6.87. The Hall–Kier alpha value is -3.41. The third-order valence-electron chi connectivity index (χ3n) is 6.45. The van der Waals surface area contributed by atoms with Gasteiger partial charge in [-0.3, -0.25) is 9.59 Å². The molecule has 7 nitrogen and oxygen atoms in total. The van der Waals surface area contributed by atoms with E-state index in [-0.39, 0.29) is 11.5 Å². The lowest BCUT2D eigenvalue weighted by molar-refractivity contribution is -0.146. The lowest BCUT2D eigenvalue weighted by Crippen LogP contribution is -2.50. The highest BCUT2D eigenvalue weighted by Gasteiger charge is 2.34. The fourth-order valence-corrected chi connectivity index (χ4v) is 4.04. The molecular weight excluding hydrogens is 472 g/mol. The zero-order valence-electron chi connectivity index (χ0n) is 21.8. The molecule has 0 radical (unpaired) electrons. The van der Waals surface area contributed by atoms with Crippen LogP contribution in [0.5, 0.6) is 0 Å². The molecule has 8 heteroatoms. The lowest BCUT2D eigenvalue weighted by atomic mass is 9.99. The average Bonchev–Trinajstić information content (AvgIpc) is 2.85. The van der Waals surface area contributed by atoms with Crippen LogP contribution >= 0.6 is 0 Å². The van der Waals surface area contributed by atoms with Gasteiger partial charge in [0, 0.05) is 12.0 Å². The quantitative estimate of drug-likeness (QED) is 0.287. The van der Waals surface area contributed by atoms with E-state index in [0.29, 0.717) is 11.1 Å². The summed E-state index contributed by atoms with van der Waals surface area (Å²) in [6, 6.07) is 15.1. The molecule has 3 N–H and O–H groups in total. The minimum atomic E-state index is -1.91. The summed E-state index contributed by atoms with van der Waals surface area (Å²) in [5.74, 6) is 1.13. The summed E-state index contributed by atoms with van der Waals surface area (Å²) in [6.45, 7) is 10.7. The number of hydrogen-bond donors (Lipinski definition) is 3. The van der Waals surface area contributed by atoms with Gasteiger partial charge >= 0.3 is 5.97 Å². The summed E-state index contributed by atoms with van der Waals surface area (Å²) < 4.78 is 4.85. The molecule has 0 aliphatic carbocycles. The number of benzene rings is 2. The molecular formula is C28H36N2O5Si. The van der Waals surface area contributed by atoms with Gasteiger partial charge in [0.2, 0.25) is 0 Å². The third kappa shape index (κ3) is 7.80. The SMILES string of the molecule is COC(=O)[C@H](CC#C[Si](C)(C)C(C)(C)C)NC(=O)[C@H](O)[C@@H](NC(=O)c1ccccc1)c1ccccc1. The number of methoxy groups -OCH3 is 1. The summed E-state index contributed by atoms with van der Waals surface area (Å²) in [5.41, 5.74) is 4.24. The maximum atomic E-state index is 13.1. The number of nitrogens with one attached hydrogen (secondary N) is 2. The second kappa shape index (κ2) is 12.5. The normalized spacial score (nSPS) is 13.9. The van der Waals surface area contributed by atoms with Crippen LogP contribution in [0.1, 0.15) is 49.2 Å². The number of carbonyl (C=O) groups is 3. The standard InChI is InChI=1S/C28H36N2O5Si/c1-28(2,3)36(5,6)19-13-18-22(27(34)35-4)29-26(33)24(31)23(20-14-9-7-10-15-20)30-25(32)21-16-11-8-12-17-21/h7-12,14-17,22-24,31H,18H2,1-6H3,(H,29,33)(H,30,32)/t22-,23-,24+/m0/s1. The number of carbonyl (C=O) groups excluding carboxylic acids is 3. The zero-order valence-corrected chi connectivity index (χ0v) is 22.8. The molecule has 192 valence electrons. The van der Waals surface area contributed by atoms with Gasteiger partial charge in [-0.05, 0) is 22.7 Å². The lowest BCUT2D eigenvalue weighted by Gasteiger charge is -2.31. The van der Waals surface area contributed by atoms with Crippen molar-refractivity contribution in [1.82, 2.24) is 10.6 Å². The van der Waals surface area contributed by atoms with Crippen LogP contribution in [0.2, 0.25) is 18.1 Å². The fourth-order valence-electron chi connectivity index (χ4n) is 3.12. The van der Waals surface area contributed by atoms with Gasteiger partial charge in [-0.1, -0.05) is 82.4 Å². The van der Waals surface area contributed by atoms with E-state index in [9.17, 15) is 19.5 Å². The Morgan fingerprint density at radius 2 is 1.53 bits per heavy atom. The number of rotatable bonds is 8. The number of esters is 1. The van der Waals surface area contributed by atoms with Crippen molar-refractivity contribution < 1.29 is 24.2 Å². The highest BCUT2D eigenvalue weighted by Crippen LogP contribution is 2.35. The van der Waals surface area contributed by atoms with Crippen LogP contribution in [-0.4, -0.2) is 50.2 Å². The van der Waals surface area contributed by atoms with Gasteiger partial charge in [-0.15, -0.1) is 11.5 Å². The van der Waals surface area contributed by atoms with Crippen molar-refractivity contribution in [3.63, 3.8) is 0 Å². The molecule has 0 aliphatic heterocycles. The maximum absolute atomic E-state index is 13.1. The fraction of sp³-hybridized carbons (Fsp3) is 0.393. The van der Waals surface area contributed by atoms with Gasteiger partial charge in [-0.2, -0.15) is 0 Å². The molecule has 0 bridgehead atoms. The van der Waals surface area contributed by atoms with Crippen LogP contribution in [0, 0.1) is 11.5 Å². The molecule has 0 spiro atoms. The first-order chi connectivity index (χ1) is 16.9. The third-order valence-corrected chi connectivity index (χ3v) is 11.0. The van der Waals surface area contributed by atoms with Gasteiger partial charge in [0.05, 0.1) is 13.2 Å². The van der Waals surface area contributed by atoms with Crippen molar-refractivity contribution in [2.45, 2.75) is 63.5 Å². The molecule has 2 aromatic rings. The average molecular weight is 509 g/mol. The number of aliphatic hydroxyl groups is 1. The van der Waals surface area contributed by atoms with E-state index in [4.69, 9.17) is 4.74 Å². The summed E-state index contributed by atoms with van der Waals surface area (Å²) in [4.78, 5) is 38.3. The van der Waals surface area contributed by atoms with Crippen LogP contribution in [0.15, 0.2) is 60.7 Å². The highest BCUT2D eigenvalue weighted by atomic mass is 28.3. The Morgan fingerprint density at radius 3 is 2.06 bits per heavy atom. The molecule has 0 fully saturated rings. The van der Waals surface area contributed by atoms with Gasteiger partial charge in [0.25, 0.3) is 11.8 Å². The molecule has 0 saturated carbocycles. The Balaban J connectivity index is 2.24. The summed E-state index contributed by atoms with van der Waals surface area (Å²) in [5, 5.41) is 16.3. The maximum Gasteiger partial charge on any atom is 0.329 e. The monoisotopic (exact) mass is 508 g/mol. The smallest absolute Gasteiger partial charge is 0.329 e. The van der Waals surface area contributed by atoms with E-state index in [1.165, 1.54) is 7.11 Å². The minimum Gasteiger partial charge on any atom is -0.467 e. The Labute approximate surface area is 214 Å². The van der Waals surface area contributed by atoms with Crippen LogP contribution in [0.4, 0.5) is 0 Å². The summed E-state index contributed by atoms with van der Waals surface area (Å²) in [7, 11) is -0.686. The van der Waals surface area contributed by atoms with E-state index in [1.54, 1.807) is 60.7 Å². The van der Waals surface area contributed by atoms with E-state index >= 15 is 0 Å². The van der Waals surface area contributed by atoms with Gasteiger partial charge in [-0.25, -0.2) is 4.79 Å². The number of ether oxygens (including phenoxy) is 1. The van der Waals surface area contributed by atoms with E-state index in [2.05, 4.69) is 56.0 Å². The molecule has 0 aliphatic rings. The first-order valence-corrected chi connectivity index (χ1v) is 14.8. The first kappa shape index (κ1) is 28.8. The van der Waals surface area contributed by atoms with Crippen molar-refractivity contribution in [2.24, 2.45) is 0 Å². The number of amides is 2. The Bertz CT molecular complexity index is 1100. The van der Waals surface area contributed by atoms with Crippen molar-refractivity contribution >= 4 is 25.9 Å².